The van der Waals surface area contributed by atoms with Crippen LogP contribution in [0.1, 0.15) is 5.56 Å². The summed E-state index contributed by atoms with van der Waals surface area (Å²) >= 11 is 0. The highest BCUT2D eigenvalue weighted by molar-refractivity contribution is 7.89. The molecule has 0 spiro atoms. The van der Waals surface area contributed by atoms with Crippen molar-refractivity contribution in [1.82, 2.24) is 9.71 Å². The van der Waals surface area contributed by atoms with Gasteiger partial charge in [0.05, 0.1) is 7.11 Å². The Kier molecular flexibility index (Phi) is 4.31. The molecule has 0 fully saturated rings. The normalized spacial score (nSPS) is 11.3. The number of benzene rings is 1. The van der Waals surface area contributed by atoms with E-state index in [1.165, 1.54) is 13.2 Å². The third-order valence-electron chi connectivity index (χ3n) is 2.63. The standard InChI is InChI=1S/C13H13FN2O3S/c1-19-12-3-2-11(14)8-13(12)20(17,18)16-9-10-4-6-15-7-5-10/h2-8,16H,9H2,1H3. The Morgan fingerprint density at radius 3 is 2.60 bits per heavy atom. The molecule has 0 atom stereocenters. The van der Waals surface area contributed by atoms with Crippen molar-refractivity contribution in [2.45, 2.75) is 11.4 Å². The monoisotopic (exact) mass is 296 g/mol. The van der Waals surface area contributed by atoms with E-state index in [-0.39, 0.29) is 17.2 Å². The average molecular weight is 296 g/mol. The number of halogens is 1. The van der Waals surface area contributed by atoms with Crippen LogP contribution in [0, 0.1) is 5.82 Å². The summed E-state index contributed by atoms with van der Waals surface area (Å²) in [6.07, 6.45) is 3.12. The van der Waals surface area contributed by atoms with Crippen LogP contribution in [-0.4, -0.2) is 20.5 Å². The second-order valence-corrected chi connectivity index (χ2v) is 5.71. The summed E-state index contributed by atoms with van der Waals surface area (Å²) in [4.78, 5) is 3.61. The van der Waals surface area contributed by atoms with E-state index < -0.39 is 15.8 Å². The molecule has 20 heavy (non-hydrogen) atoms. The van der Waals surface area contributed by atoms with Crippen molar-refractivity contribution in [3.8, 4) is 5.75 Å². The van der Waals surface area contributed by atoms with Crippen molar-refractivity contribution in [1.29, 1.82) is 0 Å². The highest BCUT2D eigenvalue weighted by atomic mass is 32.2. The van der Waals surface area contributed by atoms with Crippen LogP contribution in [0.25, 0.3) is 0 Å². The van der Waals surface area contributed by atoms with Crippen LogP contribution >= 0.6 is 0 Å². The molecule has 1 N–H and O–H groups in total. The Morgan fingerprint density at radius 2 is 1.95 bits per heavy atom. The van der Waals surface area contributed by atoms with Gasteiger partial charge in [-0.3, -0.25) is 4.98 Å². The van der Waals surface area contributed by atoms with Gasteiger partial charge >= 0.3 is 0 Å². The number of sulfonamides is 1. The lowest BCUT2D eigenvalue weighted by Gasteiger charge is -2.10. The van der Waals surface area contributed by atoms with Gasteiger partial charge in [-0.05, 0) is 35.9 Å². The molecule has 2 rings (SSSR count). The summed E-state index contributed by atoms with van der Waals surface area (Å²) in [5.41, 5.74) is 0.749. The molecule has 0 radical (unpaired) electrons. The Balaban J connectivity index is 2.24. The minimum atomic E-state index is -3.86. The lowest BCUT2D eigenvalue weighted by molar-refractivity contribution is 0.400. The third kappa shape index (κ3) is 3.31. The molecule has 1 heterocycles. The Hall–Kier alpha value is -1.99. The maximum atomic E-state index is 13.2. The summed E-state index contributed by atoms with van der Waals surface area (Å²) in [6.45, 7) is 0.0878. The third-order valence-corrected chi connectivity index (χ3v) is 4.05. The van der Waals surface area contributed by atoms with Crippen LogP contribution in [0.4, 0.5) is 4.39 Å². The van der Waals surface area contributed by atoms with Crippen molar-refractivity contribution in [2.75, 3.05) is 7.11 Å². The smallest absolute Gasteiger partial charge is 0.244 e. The van der Waals surface area contributed by atoms with Gasteiger partial charge in [-0.2, -0.15) is 0 Å². The molecule has 7 heteroatoms. The van der Waals surface area contributed by atoms with E-state index in [9.17, 15) is 12.8 Å². The molecule has 2 aromatic rings. The fourth-order valence-electron chi connectivity index (χ4n) is 1.62. The molecule has 0 saturated heterocycles. The fourth-order valence-corrected chi connectivity index (χ4v) is 2.81. The molecule has 0 saturated carbocycles. The largest absolute Gasteiger partial charge is 0.495 e. The van der Waals surface area contributed by atoms with Crippen LogP contribution in [0.15, 0.2) is 47.6 Å². The van der Waals surface area contributed by atoms with Crippen molar-refractivity contribution in [3.05, 3.63) is 54.1 Å². The highest BCUT2D eigenvalue weighted by Gasteiger charge is 2.20. The Bertz CT molecular complexity index is 690. The molecule has 0 aliphatic rings. The quantitative estimate of drug-likeness (QED) is 0.912. The van der Waals surface area contributed by atoms with Gasteiger partial charge in [0.25, 0.3) is 0 Å². The van der Waals surface area contributed by atoms with E-state index in [0.29, 0.717) is 0 Å². The minimum absolute atomic E-state index is 0.0878. The van der Waals surface area contributed by atoms with Gasteiger partial charge < -0.3 is 4.74 Å². The molecule has 106 valence electrons. The zero-order valence-electron chi connectivity index (χ0n) is 10.7. The number of aromatic nitrogens is 1. The summed E-state index contributed by atoms with van der Waals surface area (Å²) in [7, 11) is -2.53. The number of nitrogens with zero attached hydrogens (tertiary/aromatic N) is 1. The minimum Gasteiger partial charge on any atom is -0.495 e. The molecule has 0 aliphatic heterocycles. The highest BCUT2D eigenvalue weighted by Crippen LogP contribution is 2.24. The molecule has 0 aliphatic carbocycles. The fraction of sp³-hybridized carbons (Fsp3) is 0.154. The first kappa shape index (κ1) is 14.4. The lowest BCUT2D eigenvalue weighted by Crippen LogP contribution is -2.23. The van der Waals surface area contributed by atoms with Gasteiger partial charge in [0.15, 0.2) is 0 Å². The van der Waals surface area contributed by atoms with E-state index in [1.54, 1.807) is 24.5 Å². The van der Waals surface area contributed by atoms with Crippen LogP contribution in [0.5, 0.6) is 5.75 Å². The maximum Gasteiger partial charge on any atom is 0.244 e. The first-order valence-electron chi connectivity index (χ1n) is 5.75. The summed E-state index contributed by atoms with van der Waals surface area (Å²) < 4.78 is 44.9. The van der Waals surface area contributed by atoms with E-state index in [1.807, 2.05) is 0 Å². The molecular weight excluding hydrogens is 283 g/mol. The number of hydrogen-bond donors (Lipinski definition) is 1. The number of ether oxygens (including phenoxy) is 1. The van der Waals surface area contributed by atoms with Crippen molar-refractivity contribution in [2.24, 2.45) is 0 Å². The molecule has 0 unspecified atom stereocenters. The van der Waals surface area contributed by atoms with Crippen LogP contribution < -0.4 is 9.46 Å². The van der Waals surface area contributed by atoms with Gasteiger partial charge in [0, 0.05) is 18.9 Å². The topological polar surface area (TPSA) is 68.3 Å². The van der Waals surface area contributed by atoms with E-state index in [2.05, 4.69) is 9.71 Å². The number of rotatable bonds is 5. The van der Waals surface area contributed by atoms with Crippen LogP contribution in [0.2, 0.25) is 0 Å². The Labute approximate surface area is 116 Å². The zero-order valence-corrected chi connectivity index (χ0v) is 11.5. The molecule has 5 nitrogen and oxygen atoms in total. The lowest BCUT2D eigenvalue weighted by atomic mass is 10.3. The van der Waals surface area contributed by atoms with Crippen molar-refractivity contribution < 1.29 is 17.5 Å². The molecule has 0 amide bonds. The van der Waals surface area contributed by atoms with Crippen molar-refractivity contribution >= 4 is 10.0 Å². The molecular formula is C13H13FN2O3S. The van der Waals surface area contributed by atoms with E-state index >= 15 is 0 Å². The second kappa shape index (κ2) is 5.98. The molecule has 0 bridgehead atoms. The maximum absolute atomic E-state index is 13.2. The first-order valence-corrected chi connectivity index (χ1v) is 7.23. The van der Waals surface area contributed by atoms with Crippen LogP contribution in [-0.2, 0) is 16.6 Å². The van der Waals surface area contributed by atoms with E-state index in [4.69, 9.17) is 4.74 Å². The molecule has 1 aromatic carbocycles. The second-order valence-electron chi connectivity index (χ2n) is 3.98. The van der Waals surface area contributed by atoms with Gasteiger partial charge in [0.1, 0.15) is 16.5 Å². The van der Waals surface area contributed by atoms with Crippen LogP contribution in [0.3, 0.4) is 0 Å². The summed E-state index contributed by atoms with van der Waals surface area (Å²) in [6, 6.07) is 6.71. The number of pyridine rings is 1. The van der Waals surface area contributed by atoms with E-state index in [0.717, 1.165) is 17.7 Å². The molecule has 1 aromatic heterocycles. The van der Waals surface area contributed by atoms with Gasteiger partial charge in [0.2, 0.25) is 10.0 Å². The number of methoxy groups -OCH3 is 1. The SMILES string of the molecule is COc1ccc(F)cc1S(=O)(=O)NCc1ccncc1. The van der Waals surface area contributed by atoms with Gasteiger partial charge in [-0.25, -0.2) is 17.5 Å². The summed E-state index contributed by atoms with van der Waals surface area (Å²) in [5.74, 6) is -0.552. The number of nitrogens with one attached hydrogen (secondary N) is 1. The predicted molar refractivity (Wildman–Crippen MR) is 71.2 cm³/mol. The number of hydrogen-bond acceptors (Lipinski definition) is 4. The van der Waals surface area contributed by atoms with Gasteiger partial charge in [-0.15, -0.1) is 0 Å². The predicted octanol–water partition coefficient (Wildman–Crippen LogP) is 1.71. The Morgan fingerprint density at radius 1 is 1.25 bits per heavy atom. The summed E-state index contributed by atoms with van der Waals surface area (Å²) in [5, 5.41) is 0. The van der Waals surface area contributed by atoms with Crippen molar-refractivity contribution in [3.63, 3.8) is 0 Å². The average Bonchev–Trinajstić information content (AvgIpc) is 2.46. The zero-order chi connectivity index (χ0) is 14.6. The first-order chi connectivity index (χ1) is 9.53. The van der Waals surface area contributed by atoms with Gasteiger partial charge in [-0.1, -0.05) is 0 Å².